The molecule has 0 amide bonds. The second kappa shape index (κ2) is 5.90. The molecule has 0 saturated carbocycles. The fourth-order valence-corrected chi connectivity index (χ4v) is 2.54. The molecule has 0 aliphatic carbocycles. The molecule has 1 rings (SSSR count). The minimum atomic E-state index is 0.855. The quantitative estimate of drug-likeness (QED) is 0.773. The lowest BCUT2D eigenvalue weighted by atomic mass is 9.86. The molecule has 1 aromatic rings. The Bertz CT molecular complexity index is 489. The fraction of sp³-hybridized carbons (Fsp3) is 0.412. The van der Waals surface area contributed by atoms with Gasteiger partial charge in [-0.3, -0.25) is 0 Å². The van der Waals surface area contributed by atoms with Gasteiger partial charge in [0.05, 0.1) is 0 Å². The van der Waals surface area contributed by atoms with Crippen LogP contribution in [0.5, 0.6) is 0 Å². The molecular weight excluding hydrogens is 218 g/mol. The van der Waals surface area contributed by atoms with Gasteiger partial charge in [0.25, 0.3) is 0 Å². The molecule has 0 aliphatic heterocycles. The largest absolute Gasteiger partial charge is 0.402 e. The molecule has 0 bridgehead atoms. The first-order valence-corrected chi connectivity index (χ1v) is 6.61. The van der Waals surface area contributed by atoms with Gasteiger partial charge in [0, 0.05) is 11.3 Å². The summed E-state index contributed by atoms with van der Waals surface area (Å²) >= 11 is 0. The van der Waals surface area contributed by atoms with E-state index in [-0.39, 0.29) is 0 Å². The number of aryl methyl sites for hydroxylation is 2. The zero-order valence-corrected chi connectivity index (χ0v) is 12.4. The van der Waals surface area contributed by atoms with Crippen LogP contribution < -0.4 is 5.73 Å². The first-order chi connectivity index (χ1) is 8.40. The van der Waals surface area contributed by atoms with Gasteiger partial charge in [-0.15, -0.1) is 0 Å². The van der Waals surface area contributed by atoms with Gasteiger partial charge in [0.15, 0.2) is 0 Å². The van der Waals surface area contributed by atoms with Gasteiger partial charge in [0.2, 0.25) is 0 Å². The number of hydrogen-bond acceptors (Lipinski definition) is 1. The Morgan fingerprint density at radius 1 is 1.17 bits per heavy atom. The summed E-state index contributed by atoms with van der Waals surface area (Å²) < 4.78 is 0. The summed E-state index contributed by atoms with van der Waals surface area (Å²) in [6, 6.07) is 4.38. The number of allylic oxidation sites excluding steroid dienone is 3. The predicted molar refractivity (Wildman–Crippen MR) is 81.5 cm³/mol. The molecule has 2 N–H and O–H groups in total. The molecule has 18 heavy (non-hydrogen) atoms. The molecule has 1 heteroatoms. The minimum absolute atomic E-state index is 0.855. The highest BCUT2D eigenvalue weighted by Gasteiger charge is 2.14. The van der Waals surface area contributed by atoms with E-state index in [0.717, 1.165) is 29.7 Å². The van der Waals surface area contributed by atoms with Crippen LogP contribution in [0.1, 0.15) is 49.4 Å². The van der Waals surface area contributed by atoms with Crippen LogP contribution in [0.25, 0.3) is 5.57 Å². The molecule has 0 aromatic heterocycles. The highest BCUT2D eigenvalue weighted by molar-refractivity contribution is 5.83. The second-order valence-electron chi connectivity index (χ2n) is 5.14. The molecule has 0 atom stereocenters. The van der Waals surface area contributed by atoms with Crippen LogP contribution in [-0.4, -0.2) is 0 Å². The number of benzene rings is 1. The summed E-state index contributed by atoms with van der Waals surface area (Å²) in [5.74, 6) is 0. The summed E-state index contributed by atoms with van der Waals surface area (Å²) in [5.41, 5.74) is 14.4. The van der Waals surface area contributed by atoms with Crippen LogP contribution in [0.2, 0.25) is 0 Å². The van der Waals surface area contributed by atoms with Crippen molar-refractivity contribution in [3.63, 3.8) is 0 Å². The average molecular weight is 243 g/mol. The maximum atomic E-state index is 6.07. The van der Waals surface area contributed by atoms with Crippen LogP contribution in [0.3, 0.4) is 0 Å². The third kappa shape index (κ3) is 2.84. The summed E-state index contributed by atoms with van der Waals surface area (Å²) in [6.45, 7) is 14.6. The summed E-state index contributed by atoms with van der Waals surface area (Å²) in [4.78, 5) is 0. The highest BCUT2D eigenvalue weighted by Crippen LogP contribution is 2.32. The van der Waals surface area contributed by atoms with Crippen LogP contribution in [0, 0.1) is 13.8 Å². The van der Waals surface area contributed by atoms with Crippen molar-refractivity contribution in [2.45, 2.75) is 47.5 Å². The van der Waals surface area contributed by atoms with E-state index in [1.54, 1.807) is 0 Å². The van der Waals surface area contributed by atoms with Crippen LogP contribution >= 0.6 is 0 Å². The molecular formula is C17H25N. The van der Waals surface area contributed by atoms with Crippen molar-refractivity contribution in [3.05, 3.63) is 52.2 Å². The Morgan fingerprint density at radius 2 is 1.72 bits per heavy atom. The topological polar surface area (TPSA) is 26.0 Å². The van der Waals surface area contributed by atoms with Crippen LogP contribution in [0.15, 0.2) is 30.0 Å². The maximum absolute atomic E-state index is 6.07. The number of rotatable bonds is 4. The van der Waals surface area contributed by atoms with Gasteiger partial charge in [-0.2, -0.15) is 0 Å². The van der Waals surface area contributed by atoms with Gasteiger partial charge in [-0.1, -0.05) is 32.1 Å². The Balaban J connectivity index is 3.61. The molecule has 0 fully saturated rings. The Hall–Kier alpha value is -1.50. The lowest BCUT2D eigenvalue weighted by Gasteiger charge is -2.19. The van der Waals surface area contributed by atoms with Crippen molar-refractivity contribution in [2.24, 2.45) is 5.73 Å². The monoisotopic (exact) mass is 243 g/mol. The predicted octanol–water partition coefficient (Wildman–Crippen LogP) is 4.52. The van der Waals surface area contributed by atoms with Crippen molar-refractivity contribution in [2.75, 3.05) is 0 Å². The first-order valence-electron chi connectivity index (χ1n) is 6.61. The van der Waals surface area contributed by atoms with Crippen molar-refractivity contribution in [1.29, 1.82) is 0 Å². The molecule has 0 radical (unpaired) electrons. The molecule has 0 saturated heterocycles. The van der Waals surface area contributed by atoms with Crippen LogP contribution in [-0.2, 0) is 6.42 Å². The Morgan fingerprint density at radius 3 is 2.17 bits per heavy atom. The van der Waals surface area contributed by atoms with Gasteiger partial charge in [-0.05, 0) is 61.9 Å². The van der Waals surface area contributed by atoms with E-state index in [1.165, 1.54) is 22.3 Å². The third-order valence-electron chi connectivity index (χ3n) is 3.33. The first kappa shape index (κ1) is 14.6. The zero-order chi connectivity index (χ0) is 13.9. The van der Waals surface area contributed by atoms with Crippen LogP contribution in [0.4, 0.5) is 0 Å². The van der Waals surface area contributed by atoms with E-state index in [0.29, 0.717) is 0 Å². The second-order valence-corrected chi connectivity index (χ2v) is 5.14. The smallest absolute Gasteiger partial charge is 0.0131 e. The molecule has 98 valence electrons. The summed E-state index contributed by atoms with van der Waals surface area (Å²) in [5, 5.41) is 0. The van der Waals surface area contributed by atoms with Gasteiger partial charge >= 0.3 is 0 Å². The average Bonchev–Trinajstić information content (AvgIpc) is 2.27. The van der Waals surface area contributed by atoms with Crippen molar-refractivity contribution in [3.8, 4) is 0 Å². The van der Waals surface area contributed by atoms with Gasteiger partial charge < -0.3 is 5.73 Å². The lowest BCUT2D eigenvalue weighted by molar-refractivity contribution is 0.906. The zero-order valence-electron chi connectivity index (χ0n) is 12.4. The standard InChI is InChI=1S/C17H25N/c1-7-8-15-12(4)9-10-13(5)17(15)16(11(2)3)14(6)18/h9-10H,2,7-8,18H2,1,3-6H3/b16-14+. The molecule has 1 aromatic carbocycles. The van der Waals surface area contributed by atoms with E-state index in [4.69, 9.17) is 5.73 Å². The van der Waals surface area contributed by atoms with Gasteiger partial charge in [-0.25, -0.2) is 0 Å². The maximum Gasteiger partial charge on any atom is 0.0131 e. The Labute approximate surface area is 111 Å². The van der Waals surface area contributed by atoms with E-state index in [2.05, 4.69) is 39.5 Å². The third-order valence-corrected chi connectivity index (χ3v) is 3.33. The minimum Gasteiger partial charge on any atom is -0.402 e. The van der Waals surface area contributed by atoms with E-state index >= 15 is 0 Å². The fourth-order valence-electron chi connectivity index (χ4n) is 2.54. The van der Waals surface area contributed by atoms with Crippen molar-refractivity contribution < 1.29 is 0 Å². The van der Waals surface area contributed by atoms with E-state index in [1.807, 2.05) is 13.8 Å². The summed E-state index contributed by atoms with van der Waals surface area (Å²) in [7, 11) is 0. The number of nitrogens with two attached hydrogens (primary N) is 1. The SMILES string of the molecule is C=C(C)/C(=C(/C)N)c1c(C)ccc(C)c1CCC. The van der Waals surface area contributed by atoms with E-state index < -0.39 is 0 Å². The van der Waals surface area contributed by atoms with Crippen molar-refractivity contribution >= 4 is 5.57 Å². The number of hydrogen-bond donors (Lipinski definition) is 1. The molecule has 0 heterocycles. The van der Waals surface area contributed by atoms with Crippen molar-refractivity contribution in [1.82, 2.24) is 0 Å². The molecule has 0 spiro atoms. The lowest BCUT2D eigenvalue weighted by Crippen LogP contribution is -2.05. The normalized spacial score (nSPS) is 12.3. The highest BCUT2D eigenvalue weighted by atomic mass is 14.6. The summed E-state index contributed by atoms with van der Waals surface area (Å²) in [6.07, 6.45) is 2.23. The van der Waals surface area contributed by atoms with Gasteiger partial charge in [0.1, 0.15) is 0 Å². The molecule has 1 nitrogen and oxygen atoms in total. The molecule has 0 aliphatic rings. The van der Waals surface area contributed by atoms with E-state index in [9.17, 15) is 0 Å². The Kier molecular flexibility index (Phi) is 4.77. The molecule has 0 unspecified atom stereocenters.